The Morgan fingerprint density at radius 3 is 1.78 bits per heavy atom. The molecule has 176 valence electrons. The minimum atomic E-state index is -0.862. The highest BCUT2D eigenvalue weighted by molar-refractivity contribution is 9.10. The van der Waals surface area contributed by atoms with Gasteiger partial charge in [0, 0.05) is 28.1 Å². The summed E-state index contributed by atoms with van der Waals surface area (Å²) in [5, 5.41) is 2.09. The van der Waals surface area contributed by atoms with E-state index in [0.29, 0.717) is 0 Å². The van der Waals surface area contributed by atoms with Gasteiger partial charge < -0.3 is 9.47 Å². The van der Waals surface area contributed by atoms with E-state index in [1.165, 1.54) is 5.56 Å². The summed E-state index contributed by atoms with van der Waals surface area (Å²) in [6.07, 6.45) is 0. The van der Waals surface area contributed by atoms with Gasteiger partial charge in [0.25, 0.3) is 5.79 Å². The maximum Gasteiger partial charge on any atom is 0.275 e. The van der Waals surface area contributed by atoms with E-state index >= 15 is 0 Å². The molecule has 1 aliphatic heterocycles. The number of aryl methyl sites for hydroxylation is 1. The second kappa shape index (κ2) is 8.96. The molecule has 0 fully saturated rings. The highest BCUT2D eigenvalue weighted by atomic mass is 79.9. The van der Waals surface area contributed by atoms with Crippen LogP contribution < -0.4 is 9.47 Å². The summed E-state index contributed by atoms with van der Waals surface area (Å²) < 4.78 is 13.6. The molecule has 5 aromatic carbocycles. The van der Waals surface area contributed by atoms with E-state index in [-0.39, 0.29) is 0 Å². The highest BCUT2D eigenvalue weighted by Gasteiger charge is 2.38. The molecule has 36 heavy (non-hydrogen) atoms. The number of hydrogen-bond donors (Lipinski definition) is 0. The molecule has 1 unspecified atom stereocenters. The number of fused-ring (bicyclic) bond motifs is 2. The number of aliphatic imine (C=N–C) groups is 1. The Labute approximate surface area is 219 Å². The van der Waals surface area contributed by atoms with Crippen LogP contribution in [0, 0.1) is 6.92 Å². The molecular formula is C32H24BrNO2. The van der Waals surface area contributed by atoms with Crippen molar-refractivity contribution < 1.29 is 9.47 Å². The van der Waals surface area contributed by atoms with Crippen molar-refractivity contribution in [3.05, 3.63) is 136 Å². The monoisotopic (exact) mass is 533 g/mol. The van der Waals surface area contributed by atoms with E-state index in [4.69, 9.17) is 14.5 Å². The number of nitrogens with zero attached hydrogens (tertiary/aromatic N) is 1. The molecule has 0 amide bonds. The second-order valence-electron chi connectivity index (χ2n) is 9.16. The maximum atomic E-state index is 6.35. The number of rotatable bonds is 4. The summed E-state index contributed by atoms with van der Waals surface area (Å²) in [5.74, 6) is 0.608. The predicted molar refractivity (Wildman–Crippen MR) is 150 cm³/mol. The molecule has 0 aromatic heterocycles. The lowest BCUT2D eigenvalue weighted by Gasteiger charge is -2.23. The van der Waals surface area contributed by atoms with Crippen molar-refractivity contribution in [1.82, 2.24) is 0 Å². The molecule has 1 heterocycles. The van der Waals surface area contributed by atoms with Crippen LogP contribution in [0.25, 0.3) is 10.8 Å². The number of halogens is 1. The van der Waals surface area contributed by atoms with Crippen LogP contribution in [-0.4, -0.2) is 5.71 Å². The van der Waals surface area contributed by atoms with E-state index < -0.39 is 5.79 Å². The van der Waals surface area contributed by atoms with Crippen LogP contribution in [0.3, 0.4) is 0 Å². The van der Waals surface area contributed by atoms with Crippen LogP contribution >= 0.6 is 15.9 Å². The Balaban J connectivity index is 1.43. The zero-order chi connectivity index (χ0) is 24.7. The van der Waals surface area contributed by atoms with Gasteiger partial charge in [-0.3, -0.25) is 0 Å². The van der Waals surface area contributed by atoms with Crippen LogP contribution in [0.4, 0.5) is 5.69 Å². The van der Waals surface area contributed by atoms with Crippen LogP contribution in [0.1, 0.15) is 29.2 Å². The Bertz CT molecular complexity index is 1550. The van der Waals surface area contributed by atoms with Gasteiger partial charge >= 0.3 is 0 Å². The fourth-order valence-electron chi connectivity index (χ4n) is 4.54. The third kappa shape index (κ3) is 4.18. The molecule has 0 radical (unpaired) electrons. The first-order valence-electron chi connectivity index (χ1n) is 11.9. The van der Waals surface area contributed by atoms with E-state index in [1.807, 2.05) is 55.5 Å². The SMILES string of the molecule is Cc1ccc(C2(C)Oc3cc4cc(Br)c(N=C(c5ccccc5)c5ccccc5)cc4cc3O2)cc1. The van der Waals surface area contributed by atoms with Crippen molar-refractivity contribution in [2.75, 3.05) is 0 Å². The van der Waals surface area contributed by atoms with E-state index in [1.54, 1.807) is 0 Å². The minimum Gasteiger partial charge on any atom is -0.445 e. The molecule has 1 aliphatic rings. The quantitative estimate of drug-likeness (QED) is 0.216. The minimum absolute atomic E-state index is 0.731. The first-order valence-corrected chi connectivity index (χ1v) is 12.7. The molecular weight excluding hydrogens is 510 g/mol. The van der Waals surface area contributed by atoms with Gasteiger partial charge in [-0.15, -0.1) is 0 Å². The van der Waals surface area contributed by atoms with Crippen molar-refractivity contribution in [2.45, 2.75) is 19.6 Å². The van der Waals surface area contributed by atoms with E-state index in [2.05, 4.69) is 83.5 Å². The molecule has 1 atom stereocenters. The van der Waals surface area contributed by atoms with Crippen molar-refractivity contribution in [1.29, 1.82) is 0 Å². The summed E-state index contributed by atoms with van der Waals surface area (Å²) in [7, 11) is 0. The Morgan fingerprint density at radius 1 is 0.694 bits per heavy atom. The lowest BCUT2D eigenvalue weighted by Crippen LogP contribution is -2.31. The molecule has 6 rings (SSSR count). The average molecular weight is 534 g/mol. The lowest BCUT2D eigenvalue weighted by atomic mass is 10.0. The second-order valence-corrected chi connectivity index (χ2v) is 10.0. The Kier molecular flexibility index (Phi) is 5.62. The number of ether oxygens (including phenoxy) is 2. The van der Waals surface area contributed by atoms with E-state index in [9.17, 15) is 0 Å². The summed E-state index contributed by atoms with van der Waals surface area (Å²) in [4.78, 5) is 5.12. The smallest absolute Gasteiger partial charge is 0.275 e. The van der Waals surface area contributed by atoms with Crippen molar-refractivity contribution in [3.8, 4) is 11.5 Å². The van der Waals surface area contributed by atoms with Gasteiger partial charge in [0.1, 0.15) is 0 Å². The predicted octanol–water partition coefficient (Wildman–Crippen LogP) is 8.72. The maximum absolute atomic E-state index is 6.35. The van der Waals surface area contributed by atoms with Gasteiger partial charge in [0.05, 0.1) is 11.4 Å². The third-order valence-corrected chi connectivity index (χ3v) is 7.12. The van der Waals surface area contributed by atoms with Gasteiger partial charge in [0.2, 0.25) is 0 Å². The molecule has 4 heteroatoms. The Hall–Kier alpha value is -3.89. The van der Waals surface area contributed by atoms with Gasteiger partial charge in [-0.2, -0.15) is 0 Å². The van der Waals surface area contributed by atoms with Crippen molar-refractivity contribution in [2.24, 2.45) is 4.99 Å². The first-order chi connectivity index (χ1) is 17.5. The van der Waals surface area contributed by atoms with Crippen LogP contribution in [0.2, 0.25) is 0 Å². The summed E-state index contributed by atoms with van der Waals surface area (Å²) >= 11 is 3.76. The van der Waals surface area contributed by atoms with Crippen LogP contribution in [0.15, 0.2) is 119 Å². The molecule has 5 aromatic rings. The molecule has 0 spiro atoms. The lowest BCUT2D eigenvalue weighted by molar-refractivity contribution is -0.0679. The average Bonchev–Trinajstić information content (AvgIpc) is 3.23. The fourth-order valence-corrected chi connectivity index (χ4v) is 4.99. The molecule has 0 saturated heterocycles. The fraction of sp³-hybridized carbons (Fsp3) is 0.0938. The zero-order valence-corrected chi connectivity index (χ0v) is 21.6. The van der Waals surface area contributed by atoms with Crippen LogP contribution in [-0.2, 0) is 5.79 Å². The van der Waals surface area contributed by atoms with Crippen molar-refractivity contribution in [3.63, 3.8) is 0 Å². The molecule has 0 aliphatic carbocycles. The zero-order valence-electron chi connectivity index (χ0n) is 20.0. The van der Waals surface area contributed by atoms with Gasteiger partial charge in [-0.05, 0) is 57.9 Å². The largest absolute Gasteiger partial charge is 0.445 e. The molecule has 0 bridgehead atoms. The number of hydrogen-bond acceptors (Lipinski definition) is 3. The summed E-state index contributed by atoms with van der Waals surface area (Å²) in [6, 6.07) is 37.1. The van der Waals surface area contributed by atoms with Gasteiger partial charge in [-0.1, -0.05) is 90.5 Å². The highest BCUT2D eigenvalue weighted by Crippen LogP contribution is 2.47. The third-order valence-electron chi connectivity index (χ3n) is 6.48. The van der Waals surface area contributed by atoms with Gasteiger partial charge in [0.15, 0.2) is 11.5 Å². The molecule has 0 N–H and O–H groups in total. The summed E-state index contributed by atoms with van der Waals surface area (Å²) in [5.41, 5.74) is 6.09. The standard InChI is InChI=1S/C32H24BrNO2/c1-21-13-15-26(16-14-21)32(2)35-29-19-24-17-27(33)28(18-25(24)20-30(29)36-32)34-31(22-9-5-3-6-10-22)23-11-7-4-8-12-23/h3-20H,1-2H3. The summed E-state index contributed by atoms with van der Waals surface area (Å²) in [6.45, 7) is 4.03. The van der Waals surface area contributed by atoms with Crippen LogP contribution in [0.5, 0.6) is 11.5 Å². The number of benzene rings is 5. The first kappa shape index (κ1) is 22.6. The van der Waals surface area contributed by atoms with E-state index in [0.717, 1.165) is 54.8 Å². The molecule has 3 nitrogen and oxygen atoms in total. The normalized spacial score (nSPS) is 16.2. The Morgan fingerprint density at radius 2 is 1.22 bits per heavy atom. The van der Waals surface area contributed by atoms with Gasteiger partial charge in [-0.25, -0.2) is 4.99 Å². The topological polar surface area (TPSA) is 30.8 Å². The van der Waals surface area contributed by atoms with Crippen molar-refractivity contribution >= 4 is 38.1 Å². The molecule has 0 saturated carbocycles.